The molecule has 0 rings (SSSR count). The van der Waals surface area contributed by atoms with Crippen molar-refractivity contribution < 1.29 is 97.1 Å². The normalized spacial score (nSPS) is 8.25. The van der Waals surface area contributed by atoms with Crippen LogP contribution in [0.1, 0.15) is 0 Å². The Morgan fingerprint density at radius 2 is 1.05 bits per heavy atom. The molecule has 0 bridgehead atoms. The summed E-state index contributed by atoms with van der Waals surface area (Å²) in [5.74, 6) is -7.69. The van der Waals surface area contributed by atoms with Crippen LogP contribution in [0.15, 0.2) is 0 Å². The van der Waals surface area contributed by atoms with E-state index in [4.69, 9.17) is 29.5 Å². The van der Waals surface area contributed by atoms with Crippen LogP contribution < -0.4 is 34.5 Å². The van der Waals surface area contributed by atoms with Crippen LogP contribution in [0.25, 0.3) is 0 Å². The van der Waals surface area contributed by atoms with E-state index in [0.29, 0.717) is 0 Å². The molecule has 0 aliphatic heterocycles. The fourth-order valence-electron chi connectivity index (χ4n) is 0.0660. The first-order chi connectivity index (χ1) is 8.36. The summed E-state index contributed by atoms with van der Waals surface area (Å²) in [4.78, 5) is 64.5. The Hall–Kier alpha value is -1.15. The van der Waals surface area contributed by atoms with Crippen molar-refractivity contribution in [2.45, 2.75) is 0 Å². The molecule has 0 unspecified atom stereocenters. The number of rotatable bonds is 0. The number of phosphoric acid groups is 1. The van der Waals surface area contributed by atoms with Gasteiger partial charge in [0.25, 0.3) is 7.82 Å². The summed E-state index contributed by atoms with van der Waals surface area (Å²) in [5.41, 5.74) is 0. The van der Waals surface area contributed by atoms with Crippen molar-refractivity contribution >= 4 is 31.7 Å². The van der Waals surface area contributed by atoms with Gasteiger partial charge in [-0.05, 0) is 0 Å². The fourth-order valence-corrected chi connectivity index (χ4v) is 0.0660. The minimum absolute atomic E-state index is 0. The maximum Gasteiger partial charge on any atom is 1.00 e. The second kappa shape index (κ2) is 14.3. The minimum Gasteiger partial charge on any atom is -0.756 e. The van der Waals surface area contributed by atoms with Crippen molar-refractivity contribution in [2.24, 2.45) is 0 Å². The van der Waals surface area contributed by atoms with Gasteiger partial charge in [-0.3, -0.25) is 4.57 Å². The van der Waals surface area contributed by atoms with E-state index in [0.717, 1.165) is 0 Å². The summed E-state index contributed by atoms with van der Waals surface area (Å²) in [5, 5.41) is 14.9. The molecule has 0 aromatic heterocycles. The quantitative estimate of drug-likeness (QED) is 0.185. The number of hydrogen-bond acceptors (Lipinski definition) is 8. The van der Waals surface area contributed by atoms with Crippen LogP contribution in [0.3, 0.4) is 0 Å². The van der Waals surface area contributed by atoms with Gasteiger partial charge in [-0.2, -0.15) is 0 Å². The molecule has 0 aromatic rings. The average molecular weight is 336 g/mol. The van der Waals surface area contributed by atoms with E-state index < -0.39 is 31.7 Å². The summed E-state index contributed by atoms with van der Waals surface area (Å²) in [6, 6.07) is 0. The molecule has 4 N–H and O–H groups in total. The number of hydrogen-bond donors (Lipinski definition) is 4. The summed E-state index contributed by atoms with van der Waals surface area (Å²) in [6.07, 6.45) is 0. The zero-order valence-corrected chi connectivity index (χ0v) is 12.2. The summed E-state index contributed by atoms with van der Waals surface area (Å²) in [6.45, 7) is 0. The second-order valence-corrected chi connectivity index (χ2v) is 2.81. The van der Waals surface area contributed by atoms with E-state index in [1.54, 1.807) is 0 Å². The van der Waals surface area contributed by atoms with E-state index in [1.807, 2.05) is 0 Å². The number of carboxylic acid groups (broad SMARTS) is 2. The number of carbonyl (C=O) groups excluding carboxylic acids is 2. The molecule has 0 fully saturated rings. The fraction of sp³-hybridized carbons (Fsp3) is 0. The average Bonchev–Trinajstić information content (AvgIpc) is 2.25. The third kappa shape index (κ3) is 36.0. The summed E-state index contributed by atoms with van der Waals surface area (Å²) in [7, 11) is -4.89. The number of aliphatic carboxylic acids is 2. The Morgan fingerprint density at radius 3 is 1.05 bits per heavy atom. The van der Waals surface area contributed by atoms with E-state index >= 15 is 0 Å². The molecule has 0 saturated carbocycles. The smallest absolute Gasteiger partial charge is 0.756 e. The standard InChI is InChI=1S/2C2HFO4.Na.H3O4P/c2*3-7-2(6)1(4)5;;1-5(2,3)4/h2*(H,4,5);;(H3,1,2,3,4)/q;;+1;/p-1. The van der Waals surface area contributed by atoms with Gasteiger partial charge in [-0.15, -0.1) is 0 Å². The molecule has 0 aliphatic rings. The first-order valence-electron chi connectivity index (χ1n) is 3.25. The van der Waals surface area contributed by atoms with Gasteiger partial charge >= 0.3 is 53.4 Å². The van der Waals surface area contributed by atoms with Crippen molar-refractivity contribution in [2.75, 3.05) is 0 Å². The van der Waals surface area contributed by atoms with Gasteiger partial charge in [0.2, 0.25) is 0 Å². The molecule has 0 aromatic carbocycles. The number of carbonyl (C=O) groups is 4. The molecule has 0 saturated heterocycles. The first kappa shape index (κ1) is 27.2. The minimum atomic E-state index is -4.89. The zero-order chi connectivity index (χ0) is 16.2. The largest absolute Gasteiger partial charge is 1.00 e. The van der Waals surface area contributed by atoms with E-state index in [9.17, 15) is 28.2 Å². The van der Waals surface area contributed by atoms with Crippen LogP contribution in [0, 0.1) is 0 Å². The maximum absolute atomic E-state index is 10.4. The van der Waals surface area contributed by atoms with Crippen molar-refractivity contribution in [3.63, 3.8) is 0 Å². The third-order valence-corrected chi connectivity index (χ3v) is 0.489. The van der Waals surface area contributed by atoms with E-state index in [-0.39, 0.29) is 29.6 Å². The molecule has 12 nitrogen and oxygen atoms in total. The van der Waals surface area contributed by atoms with Crippen LogP contribution >= 0.6 is 7.82 Å². The van der Waals surface area contributed by atoms with Crippen molar-refractivity contribution in [1.82, 2.24) is 0 Å². The van der Waals surface area contributed by atoms with Gasteiger partial charge in [-0.1, -0.05) is 0 Å². The topological polar surface area (TPSA) is 208 Å². The van der Waals surface area contributed by atoms with Crippen LogP contribution in [-0.4, -0.2) is 43.9 Å². The first-order valence-corrected chi connectivity index (χ1v) is 4.78. The Bertz CT molecular complexity index is 343. The Kier molecular flexibility index (Phi) is 19.4. The molecule has 0 heterocycles. The maximum atomic E-state index is 10.4. The van der Waals surface area contributed by atoms with Gasteiger partial charge in [0.05, 0.1) is 0 Å². The number of carboxylic acids is 2. The molecule has 20 heavy (non-hydrogen) atoms. The Labute approximate surface area is 129 Å². The predicted octanol–water partition coefficient (Wildman–Crippen LogP) is -5.56. The molecule has 0 amide bonds. The Balaban J connectivity index is -0.0000000952. The van der Waals surface area contributed by atoms with Crippen molar-refractivity contribution in [1.29, 1.82) is 0 Å². The van der Waals surface area contributed by atoms with Gasteiger partial charge < -0.3 is 24.9 Å². The molecule has 0 atom stereocenters. The SMILES string of the molecule is O=C(O)C(=O)OF.O=C(O)C(=O)OF.O=P([O-])(O)O.[Na+]. The van der Waals surface area contributed by atoms with Gasteiger partial charge in [-0.25, -0.2) is 29.1 Å². The van der Waals surface area contributed by atoms with E-state index in [1.165, 1.54) is 0 Å². The molecule has 16 heteroatoms. The Morgan fingerprint density at radius 1 is 0.900 bits per heavy atom. The third-order valence-electron chi connectivity index (χ3n) is 0.489. The summed E-state index contributed by atoms with van der Waals surface area (Å²) < 4.78 is 29.6. The molecule has 0 radical (unpaired) electrons. The number of halogens is 2. The molecule has 112 valence electrons. The molecular weight excluding hydrogens is 332 g/mol. The second-order valence-electron chi connectivity index (χ2n) is 1.83. The molecule has 0 spiro atoms. The van der Waals surface area contributed by atoms with Crippen molar-refractivity contribution in [3.8, 4) is 0 Å². The predicted molar refractivity (Wildman–Crippen MR) is 41.7 cm³/mol. The van der Waals surface area contributed by atoms with Crippen LogP contribution in [0.2, 0.25) is 0 Å². The van der Waals surface area contributed by atoms with E-state index in [2.05, 4.69) is 9.88 Å². The van der Waals surface area contributed by atoms with Gasteiger partial charge in [0.1, 0.15) is 0 Å². The zero-order valence-electron chi connectivity index (χ0n) is 9.26. The van der Waals surface area contributed by atoms with Gasteiger partial charge in [0.15, 0.2) is 0 Å². The van der Waals surface area contributed by atoms with Crippen molar-refractivity contribution in [3.05, 3.63) is 0 Å². The monoisotopic (exact) mass is 336 g/mol. The van der Waals surface area contributed by atoms with Crippen LogP contribution in [0.5, 0.6) is 0 Å². The van der Waals surface area contributed by atoms with Crippen LogP contribution in [-0.2, 0) is 33.6 Å². The van der Waals surface area contributed by atoms with Crippen LogP contribution in [0.4, 0.5) is 9.05 Å². The molecular formula is C4H4F2NaO12P. The van der Waals surface area contributed by atoms with Gasteiger partial charge in [0, 0.05) is 9.05 Å². The molecule has 0 aliphatic carbocycles. The summed E-state index contributed by atoms with van der Waals surface area (Å²) >= 11 is 0.